The van der Waals surface area contributed by atoms with Crippen molar-refractivity contribution in [2.75, 3.05) is 11.0 Å². The van der Waals surface area contributed by atoms with Crippen molar-refractivity contribution in [3.8, 4) is 11.8 Å². The lowest BCUT2D eigenvalue weighted by atomic mass is 9.89. The Morgan fingerprint density at radius 3 is 2.15 bits per heavy atom. The second-order valence-electron chi connectivity index (χ2n) is 8.14. The van der Waals surface area contributed by atoms with E-state index in [9.17, 15) is 8.42 Å². The van der Waals surface area contributed by atoms with Crippen LogP contribution < -0.4 is 4.72 Å². The van der Waals surface area contributed by atoms with Gasteiger partial charge in [0.25, 0.3) is 0 Å². The molecule has 1 N–H and O–H groups in total. The molecule has 5 heteroatoms. The average molecular weight is 379 g/mol. The van der Waals surface area contributed by atoms with Gasteiger partial charge in [-0.15, -0.1) is 0 Å². The van der Waals surface area contributed by atoms with Crippen molar-refractivity contribution >= 4 is 15.7 Å². The predicted octanol–water partition coefficient (Wildman–Crippen LogP) is 5.36. The molecule has 0 saturated heterocycles. The predicted molar refractivity (Wildman–Crippen MR) is 111 cm³/mol. The molecule has 0 aromatic carbocycles. The number of anilines is 1. The lowest BCUT2D eigenvalue weighted by Gasteiger charge is -2.17. The third-order valence-corrected chi connectivity index (χ3v) is 4.62. The third-order valence-electron chi connectivity index (χ3n) is 4.01. The Kier molecular flexibility index (Phi) is 9.72. The van der Waals surface area contributed by atoms with Crippen molar-refractivity contribution in [1.82, 2.24) is 4.98 Å². The fraction of sp³-hybridized carbons (Fsp3) is 0.667. The summed E-state index contributed by atoms with van der Waals surface area (Å²) in [5, 5.41) is 0. The summed E-state index contributed by atoms with van der Waals surface area (Å²) in [5.41, 5.74) is 1.60. The van der Waals surface area contributed by atoms with E-state index in [1.165, 1.54) is 51.1 Å². The SMILES string of the molecule is CC(C)(C)CCCCCCCCCC#Cc1ccc(NS(C)(=O)=O)cn1. The fourth-order valence-electron chi connectivity index (χ4n) is 2.65. The van der Waals surface area contributed by atoms with Crippen molar-refractivity contribution in [1.29, 1.82) is 0 Å². The van der Waals surface area contributed by atoms with Crippen LogP contribution in [0.25, 0.3) is 0 Å². The van der Waals surface area contributed by atoms with Crippen LogP contribution >= 0.6 is 0 Å². The molecule has 0 bridgehead atoms. The van der Waals surface area contributed by atoms with Crippen LogP contribution in [0.2, 0.25) is 0 Å². The van der Waals surface area contributed by atoms with E-state index in [-0.39, 0.29) is 0 Å². The molecule has 1 heterocycles. The summed E-state index contributed by atoms with van der Waals surface area (Å²) < 4.78 is 24.6. The van der Waals surface area contributed by atoms with Gasteiger partial charge in [-0.25, -0.2) is 13.4 Å². The lowest BCUT2D eigenvalue weighted by molar-refractivity contribution is 0.356. The topological polar surface area (TPSA) is 59.1 Å². The molecular formula is C21H34N2O2S. The highest BCUT2D eigenvalue weighted by Gasteiger charge is 2.08. The van der Waals surface area contributed by atoms with Crippen LogP contribution in [-0.4, -0.2) is 19.7 Å². The first-order chi connectivity index (χ1) is 12.2. The largest absolute Gasteiger partial charge is 0.282 e. The van der Waals surface area contributed by atoms with Crippen LogP contribution in [0, 0.1) is 17.3 Å². The normalized spacial score (nSPS) is 11.7. The first kappa shape index (κ1) is 22.5. The van der Waals surface area contributed by atoms with Gasteiger partial charge in [0, 0.05) is 6.42 Å². The molecule has 0 fully saturated rings. The molecule has 0 aliphatic carbocycles. The van der Waals surface area contributed by atoms with E-state index in [4.69, 9.17) is 0 Å². The Bertz CT molecular complexity index is 677. The number of unbranched alkanes of at least 4 members (excludes halogenated alkanes) is 7. The zero-order valence-electron chi connectivity index (χ0n) is 16.8. The summed E-state index contributed by atoms with van der Waals surface area (Å²) in [6.45, 7) is 6.93. The lowest BCUT2D eigenvalue weighted by Crippen LogP contribution is -2.09. The Morgan fingerprint density at radius 2 is 1.62 bits per heavy atom. The minimum atomic E-state index is -3.26. The van der Waals surface area contributed by atoms with Crippen molar-refractivity contribution in [3.63, 3.8) is 0 Å². The van der Waals surface area contributed by atoms with Gasteiger partial charge in [0.15, 0.2) is 0 Å². The van der Waals surface area contributed by atoms with Crippen LogP contribution in [0.3, 0.4) is 0 Å². The van der Waals surface area contributed by atoms with Gasteiger partial charge in [0.05, 0.1) is 18.1 Å². The summed E-state index contributed by atoms with van der Waals surface area (Å²) in [5.74, 6) is 6.18. The Balaban J connectivity index is 2.10. The monoisotopic (exact) mass is 378 g/mol. The van der Waals surface area contributed by atoms with Crippen LogP contribution in [0.1, 0.15) is 84.3 Å². The summed E-state index contributed by atoms with van der Waals surface area (Å²) in [6.07, 6.45) is 13.8. The number of sulfonamides is 1. The fourth-order valence-corrected chi connectivity index (χ4v) is 3.20. The van der Waals surface area contributed by atoms with Gasteiger partial charge in [-0.05, 0) is 36.3 Å². The van der Waals surface area contributed by atoms with E-state index in [1.807, 2.05) is 0 Å². The summed E-state index contributed by atoms with van der Waals surface area (Å²) in [7, 11) is -3.26. The van der Waals surface area contributed by atoms with Crippen molar-refractivity contribution < 1.29 is 8.42 Å². The van der Waals surface area contributed by atoms with Crippen LogP contribution in [0.15, 0.2) is 18.3 Å². The highest BCUT2D eigenvalue weighted by molar-refractivity contribution is 7.92. The zero-order valence-corrected chi connectivity index (χ0v) is 17.6. The second-order valence-corrected chi connectivity index (χ2v) is 9.89. The molecule has 0 atom stereocenters. The van der Waals surface area contributed by atoms with E-state index >= 15 is 0 Å². The number of pyridine rings is 1. The standard InChI is InChI=1S/C21H34N2O2S/c1-21(2,3)17-13-11-9-7-5-6-8-10-12-14-19-15-16-20(18-22-19)23-26(4,24)25/h15-16,18,23H,5-11,13,17H2,1-4H3. The molecule has 1 aromatic heterocycles. The van der Waals surface area contributed by atoms with Crippen LogP contribution in [-0.2, 0) is 10.0 Å². The first-order valence-electron chi connectivity index (χ1n) is 9.58. The van der Waals surface area contributed by atoms with Crippen molar-refractivity contribution in [3.05, 3.63) is 24.0 Å². The third kappa shape index (κ3) is 12.8. The summed E-state index contributed by atoms with van der Waals surface area (Å²) in [4.78, 5) is 4.16. The number of aromatic nitrogens is 1. The molecule has 146 valence electrons. The van der Waals surface area contributed by atoms with Gasteiger partial charge in [0.1, 0.15) is 5.69 Å². The maximum atomic E-state index is 11.1. The number of nitrogens with zero attached hydrogens (tertiary/aromatic N) is 1. The maximum Gasteiger partial charge on any atom is 0.229 e. The maximum absolute atomic E-state index is 11.1. The Labute approximate surface area is 160 Å². The van der Waals surface area contributed by atoms with Crippen LogP contribution in [0.5, 0.6) is 0 Å². The number of hydrogen-bond donors (Lipinski definition) is 1. The minimum Gasteiger partial charge on any atom is -0.282 e. The Morgan fingerprint density at radius 1 is 1.00 bits per heavy atom. The summed E-state index contributed by atoms with van der Waals surface area (Å²) in [6, 6.07) is 3.41. The van der Waals surface area contributed by atoms with E-state index in [0.717, 1.165) is 19.1 Å². The van der Waals surface area contributed by atoms with Gasteiger partial charge in [0.2, 0.25) is 10.0 Å². The number of hydrogen-bond acceptors (Lipinski definition) is 3. The van der Waals surface area contributed by atoms with E-state index in [1.54, 1.807) is 12.1 Å². The highest BCUT2D eigenvalue weighted by atomic mass is 32.2. The molecule has 0 aliphatic rings. The van der Waals surface area contributed by atoms with Crippen molar-refractivity contribution in [2.45, 2.75) is 78.6 Å². The smallest absolute Gasteiger partial charge is 0.229 e. The van der Waals surface area contributed by atoms with Gasteiger partial charge in [-0.2, -0.15) is 0 Å². The van der Waals surface area contributed by atoms with Crippen molar-refractivity contribution in [2.24, 2.45) is 5.41 Å². The Hall–Kier alpha value is -1.54. The molecule has 0 spiro atoms. The molecule has 0 saturated carbocycles. The molecule has 0 amide bonds. The van der Waals surface area contributed by atoms with Gasteiger partial charge in [-0.3, -0.25) is 4.72 Å². The molecule has 0 unspecified atom stereocenters. The average Bonchev–Trinajstić information content (AvgIpc) is 2.51. The second kappa shape index (κ2) is 11.2. The molecule has 4 nitrogen and oxygen atoms in total. The van der Waals surface area contributed by atoms with Gasteiger partial charge < -0.3 is 0 Å². The summed E-state index contributed by atoms with van der Waals surface area (Å²) >= 11 is 0. The molecule has 26 heavy (non-hydrogen) atoms. The van der Waals surface area contributed by atoms with Crippen LogP contribution in [0.4, 0.5) is 5.69 Å². The molecule has 1 aromatic rings. The van der Waals surface area contributed by atoms with E-state index in [2.05, 4.69) is 42.3 Å². The number of rotatable bonds is 10. The first-order valence-corrected chi connectivity index (χ1v) is 11.5. The van der Waals surface area contributed by atoms with Gasteiger partial charge in [-0.1, -0.05) is 65.2 Å². The van der Waals surface area contributed by atoms with Gasteiger partial charge >= 0.3 is 0 Å². The minimum absolute atomic E-state index is 0.459. The molecule has 1 rings (SSSR count). The van der Waals surface area contributed by atoms with E-state index < -0.39 is 10.0 Å². The molecular weight excluding hydrogens is 344 g/mol. The van der Waals surface area contributed by atoms with E-state index in [0.29, 0.717) is 16.8 Å². The quantitative estimate of drug-likeness (QED) is 0.440. The zero-order chi connectivity index (χ0) is 19.5. The molecule has 0 aliphatic heterocycles. The highest BCUT2D eigenvalue weighted by Crippen LogP contribution is 2.22. The number of nitrogens with one attached hydrogen (secondary N) is 1. The molecule has 0 radical (unpaired) electrons.